The van der Waals surface area contributed by atoms with E-state index in [-0.39, 0.29) is 5.69 Å². The smallest absolute Gasteiger partial charge is 0.361 e. The third-order valence-electron chi connectivity index (χ3n) is 3.62. The van der Waals surface area contributed by atoms with Crippen molar-refractivity contribution in [1.82, 2.24) is 15.0 Å². The van der Waals surface area contributed by atoms with E-state index in [1.807, 2.05) is 24.3 Å². The van der Waals surface area contributed by atoms with Gasteiger partial charge in [0.15, 0.2) is 12.3 Å². The van der Waals surface area contributed by atoms with Gasteiger partial charge in [-0.3, -0.25) is 4.79 Å². The highest BCUT2D eigenvalue weighted by Crippen LogP contribution is 2.13. The highest BCUT2D eigenvalue weighted by Gasteiger charge is 2.19. The molecule has 0 saturated carbocycles. The van der Waals surface area contributed by atoms with Gasteiger partial charge in [0.1, 0.15) is 6.07 Å². The second kappa shape index (κ2) is 7.93. The molecule has 1 N–H and O–H groups in total. The van der Waals surface area contributed by atoms with E-state index in [0.717, 1.165) is 0 Å². The molecule has 0 atom stereocenters. The van der Waals surface area contributed by atoms with Crippen molar-refractivity contribution >= 4 is 17.6 Å². The molecule has 1 heterocycles. The van der Waals surface area contributed by atoms with Crippen LogP contribution >= 0.6 is 0 Å². The number of amides is 1. The molecule has 8 nitrogen and oxygen atoms in total. The number of benzene rings is 2. The molecule has 0 spiro atoms. The Hall–Kier alpha value is -3.99. The number of nitriles is 1. The molecule has 0 saturated heterocycles. The number of nitrogens with zero attached hydrogens (tertiary/aromatic N) is 4. The first kappa shape index (κ1) is 17.8. The van der Waals surface area contributed by atoms with E-state index in [1.165, 1.54) is 4.80 Å². The summed E-state index contributed by atoms with van der Waals surface area (Å²) in [5, 5.41) is 19.9. The number of anilines is 1. The number of aryl methyl sites for hydroxylation is 1. The number of hydrogen-bond donors (Lipinski definition) is 1. The van der Waals surface area contributed by atoms with Gasteiger partial charge in [-0.2, -0.15) is 15.2 Å². The van der Waals surface area contributed by atoms with Gasteiger partial charge in [-0.05, 0) is 31.2 Å². The van der Waals surface area contributed by atoms with Crippen molar-refractivity contribution in [2.24, 2.45) is 0 Å². The molecule has 0 aliphatic rings. The fourth-order valence-corrected chi connectivity index (χ4v) is 2.32. The summed E-state index contributed by atoms with van der Waals surface area (Å²) in [6.45, 7) is 1.13. The molecule has 0 aliphatic carbocycles. The van der Waals surface area contributed by atoms with Crippen molar-refractivity contribution in [2.45, 2.75) is 6.92 Å². The largest absolute Gasteiger partial charge is 0.451 e. The molecule has 1 amide bonds. The van der Waals surface area contributed by atoms with Crippen molar-refractivity contribution in [2.75, 3.05) is 11.9 Å². The lowest BCUT2D eigenvalue weighted by Crippen LogP contribution is -2.22. The van der Waals surface area contributed by atoms with Crippen LogP contribution in [0.3, 0.4) is 0 Å². The molecule has 3 aromatic rings. The van der Waals surface area contributed by atoms with Crippen LogP contribution in [0.15, 0.2) is 54.6 Å². The summed E-state index contributed by atoms with van der Waals surface area (Å²) in [6.07, 6.45) is 0. The SMILES string of the molecule is Cc1nn(-c2ccccc2)nc1C(=O)OCC(=O)Nc1ccccc1C#N. The number of carbonyl (C=O) groups is 2. The lowest BCUT2D eigenvalue weighted by Gasteiger charge is -2.07. The van der Waals surface area contributed by atoms with Crippen LogP contribution < -0.4 is 5.32 Å². The van der Waals surface area contributed by atoms with E-state index in [9.17, 15) is 9.59 Å². The van der Waals surface area contributed by atoms with Crippen LogP contribution in [-0.2, 0) is 9.53 Å². The summed E-state index contributed by atoms with van der Waals surface area (Å²) >= 11 is 0. The number of rotatable bonds is 5. The van der Waals surface area contributed by atoms with Gasteiger partial charge >= 0.3 is 5.97 Å². The van der Waals surface area contributed by atoms with Crippen LogP contribution in [0.1, 0.15) is 21.7 Å². The fraction of sp³-hybridized carbons (Fsp3) is 0.105. The number of hydrogen-bond acceptors (Lipinski definition) is 6. The van der Waals surface area contributed by atoms with Crippen molar-refractivity contribution < 1.29 is 14.3 Å². The predicted molar refractivity (Wildman–Crippen MR) is 96.2 cm³/mol. The molecule has 3 rings (SSSR count). The summed E-state index contributed by atoms with van der Waals surface area (Å²) in [6, 6.07) is 17.6. The Kier molecular flexibility index (Phi) is 5.23. The summed E-state index contributed by atoms with van der Waals surface area (Å²) in [7, 11) is 0. The second-order valence-electron chi connectivity index (χ2n) is 5.54. The van der Waals surface area contributed by atoms with Crippen LogP contribution in [0.5, 0.6) is 0 Å². The van der Waals surface area contributed by atoms with E-state index >= 15 is 0 Å². The van der Waals surface area contributed by atoms with Gasteiger partial charge in [-0.25, -0.2) is 4.79 Å². The van der Waals surface area contributed by atoms with Crippen molar-refractivity contribution in [1.29, 1.82) is 5.26 Å². The lowest BCUT2D eigenvalue weighted by atomic mass is 10.2. The van der Waals surface area contributed by atoms with Crippen LogP contribution in [0.2, 0.25) is 0 Å². The van der Waals surface area contributed by atoms with E-state index in [4.69, 9.17) is 10.00 Å². The topological polar surface area (TPSA) is 110 Å². The maximum absolute atomic E-state index is 12.2. The number of para-hydroxylation sites is 2. The molecule has 2 aromatic carbocycles. The molecule has 0 aliphatic heterocycles. The van der Waals surface area contributed by atoms with Crippen molar-refractivity contribution in [3.05, 3.63) is 71.5 Å². The average Bonchev–Trinajstić information content (AvgIpc) is 3.09. The van der Waals surface area contributed by atoms with Crippen LogP contribution in [0, 0.1) is 18.3 Å². The van der Waals surface area contributed by atoms with Gasteiger partial charge in [-0.1, -0.05) is 30.3 Å². The molecule has 0 bridgehead atoms. The maximum atomic E-state index is 12.2. The van der Waals surface area contributed by atoms with Crippen molar-refractivity contribution in [3.63, 3.8) is 0 Å². The first-order valence-corrected chi connectivity index (χ1v) is 8.04. The molecule has 0 unspecified atom stereocenters. The Bertz CT molecular complexity index is 1020. The molecule has 0 radical (unpaired) electrons. The lowest BCUT2D eigenvalue weighted by molar-refractivity contribution is -0.119. The Balaban J connectivity index is 1.64. The van der Waals surface area contributed by atoms with Gasteiger partial charge < -0.3 is 10.1 Å². The predicted octanol–water partition coefficient (Wildman–Crippen LogP) is 2.24. The fourth-order valence-electron chi connectivity index (χ4n) is 2.32. The Morgan fingerprint density at radius 2 is 1.81 bits per heavy atom. The van der Waals surface area contributed by atoms with E-state index in [0.29, 0.717) is 22.6 Å². The molecule has 0 fully saturated rings. The summed E-state index contributed by atoms with van der Waals surface area (Å²) in [5.41, 5.74) is 1.79. The second-order valence-corrected chi connectivity index (χ2v) is 5.54. The van der Waals surface area contributed by atoms with Gasteiger partial charge in [0.2, 0.25) is 0 Å². The molecule has 134 valence electrons. The van der Waals surface area contributed by atoms with Gasteiger partial charge in [0.05, 0.1) is 22.6 Å². The molecular formula is C19H15N5O3. The Morgan fingerprint density at radius 3 is 2.56 bits per heavy atom. The normalized spacial score (nSPS) is 10.1. The van der Waals surface area contributed by atoms with Gasteiger partial charge in [0.25, 0.3) is 5.91 Å². The Morgan fingerprint density at radius 1 is 1.11 bits per heavy atom. The number of ether oxygens (including phenoxy) is 1. The van der Waals surface area contributed by atoms with Gasteiger partial charge in [-0.15, -0.1) is 5.10 Å². The standard InChI is InChI=1S/C19H15N5O3/c1-13-18(23-24(22-13)15-8-3-2-4-9-15)19(26)27-12-17(25)21-16-10-6-5-7-14(16)11-20/h2-10H,12H2,1H3,(H,21,25). The Labute approximate surface area is 155 Å². The number of esters is 1. The maximum Gasteiger partial charge on any atom is 0.361 e. The third kappa shape index (κ3) is 4.16. The zero-order chi connectivity index (χ0) is 19.2. The molecule has 27 heavy (non-hydrogen) atoms. The number of carbonyl (C=O) groups excluding carboxylic acids is 2. The first-order valence-electron chi connectivity index (χ1n) is 8.04. The van der Waals surface area contributed by atoms with E-state index < -0.39 is 18.5 Å². The third-order valence-corrected chi connectivity index (χ3v) is 3.62. The summed E-state index contributed by atoms with van der Waals surface area (Å²) < 4.78 is 5.02. The quantitative estimate of drug-likeness (QED) is 0.698. The zero-order valence-electron chi connectivity index (χ0n) is 14.4. The minimum Gasteiger partial charge on any atom is -0.451 e. The number of aromatic nitrogens is 3. The monoisotopic (exact) mass is 361 g/mol. The zero-order valence-corrected chi connectivity index (χ0v) is 14.4. The average molecular weight is 361 g/mol. The minimum absolute atomic E-state index is 0.0316. The van der Waals surface area contributed by atoms with E-state index in [1.54, 1.807) is 43.3 Å². The van der Waals surface area contributed by atoms with Crippen LogP contribution in [0.25, 0.3) is 5.69 Å². The number of nitrogens with one attached hydrogen (secondary N) is 1. The highest BCUT2D eigenvalue weighted by atomic mass is 16.5. The minimum atomic E-state index is -0.751. The van der Waals surface area contributed by atoms with Crippen molar-refractivity contribution in [3.8, 4) is 11.8 Å². The molecule has 1 aromatic heterocycles. The summed E-state index contributed by atoms with van der Waals surface area (Å²) in [5.74, 6) is -1.31. The van der Waals surface area contributed by atoms with Gasteiger partial charge in [0, 0.05) is 0 Å². The molecular weight excluding hydrogens is 346 g/mol. The van der Waals surface area contributed by atoms with Crippen LogP contribution in [0.4, 0.5) is 5.69 Å². The van der Waals surface area contributed by atoms with E-state index in [2.05, 4.69) is 15.5 Å². The first-order chi connectivity index (χ1) is 13.1. The van der Waals surface area contributed by atoms with Crippen LogP contribution in [-0.4, -0.2) is 33.5 Å². The highest BCUT2D eigenvalue weighted by molar-refractivity contribution is 5.95. The summed E-state index contributed by atoms with van der Waals surface area (Å²) in [4.78, 5) is 25.5. The molecule has 8 heteroatoms.